The molecule has 1 heterocycles. The molecular formula is C18H26N2O6S. The third-order valence-electron chi connectivity index (χ3n) is 4.19. The van der Waals surface area contributed by atoms with Gasteiger partial charge < -0.3 is 14.4 Å². The molecule has 1 aliphatic rings. The molecule has 1 saturated heterocycles. The first-order chi connectivity index (χ1) is 12.5. The summed E-state index contributed by atoms with van der Waals surface area (Å²) < 4.78 is 37.7. The van der Waals surface area contributed by atoms with Crippen molar-refractivity contribution in [1.29, 1.82) is 0 Å². The van der Waals surface area contributed by atoms with E-state index < -0.39 is 22.1 Å². The van der Waals surface area contributed by atoms with Gasteiger partial charge in [-0.1, -0.05) is 0 Å². The number of amides is 1. The number of carbonyl (C=O) groups excluding carboxylic acids is 2. The van der Waals surface area contributed by atoms with Crippen molar-refractivity contribution >= 4 is 21.9 Å². The number of morpholine rings is 1. The zero-order valence-corrected chi connectivity index (χ0v) is 17.0. The number of nitrogens with zero attached hydrogens (tertiary/aromatic N) is 2. The van der Waals surface area contributed by atoms with Gasteiger partial charge in [0.15, 0.2) is 6.10 Å². The minimum Gasteiger partial charge on any atom is -0.449 e. The molecule has 0 saturated carbocycles. The van der Waals surface area contributed by atoms with Crippen molar-refractivity contribution in [2.24, 2.45) is 0 Å². The highest BCUT2D eigenvalue weighted by Crippen LogP contribution is 2.21. The van der Waals surface area contributed by atoms with Gasteiger partial charge in [-0.25, -0.2) is 13.2 Å². The van der Waals surface area contributed by atoms with E-state index in [0.29, 0.717) is 0 Å². The Balaban J connectivity index is 2.12. The fourth-order valence-corrected chi connectivity index (χ4v) is 4.47. The van der Waals surface area contributed by atoms with Gasteiger partial charge in [0.2, 0.25) is 10.0 Å². The molecule has 0 bridgehead atoms. The highest BCUT2D eigenvalue weighted by molar-refractivity contribution is 7.89. The second-order valence-electron chi connectivity index (χ2n) is 6.88. The molecule has 150 valence electrons. The summed E-state index contributed by atoms with van der Waals surface area (Å²) in [5, 5.41) is 0. The molecule has 9 heteroatoms. The average molecular weight is 398 g/mol. The van der Waals surface area contributed by atoms with Crippen LogP contribution in [0, 0.1) is 0 Å². The van der Waals surface area contributed by atoms with Crippen LogP contribution >= 0.6 is 0 Å². The van der Waals surface area contributed by atoms with Crippen LogP contribution in [-0.4, -0.2) is 75.0 Å². The third kappa shape index (κ3) is 5.06. The van der Waals surface area contributed by atoms with Crippen LogP contribution in [0.5, 0.6) is 0 Å². The van der Waals surface area contributed by atoms with E-state index in [1.165, 1.54) is 40.4 Å². The molecule has 0 radical (unpaired) electrons. The van der Waals surface area contributed by atoms with E-state index in [1.54, 1.807) is 14.1 Å². The van der Waals surface area contributed by atoms with E-state index in [4.69, 9.17) is 9.47 Å². The number of hydrogen-bond acceptors (Lipinski definition) is 6. The highest BCUT2D eigenvalue weighted by Gasteiger charge is 2.32. The Morgan fingerprint density at radius 3 is 2.15 bits per heavy atom. The number of ether oxygens (including phenoxy) is 2. The molecule has 2 rings (SSSR count). The van der Waals surface area contributed by atoms with Gasteiger partial charge in [-0.3, -0.25) is 4.79 Å². The molecule has 0 unspecified atom stereocenters. The average Bonchev–Trinajstić information content (AvgIpc) is 2.60. The summed E-state index contributed by atoms with van der Waals surface area (Å²) in [6.45, 7) is 5.70. The zero-order chi connectivity index (χ0) is 20.4. The molecule has 1 aromatic rings. The van der Waals surface area contributed by atoms with E-state index in [1.807, 2.05) is 13.8 Å². The first-order valence-electron chi connectivity index (χ1n) is 8.70. The zero-order valence-electron chi connectivity index (χ0n) is 16.2. The fourth-order valence-electron chi connectivity index (χ4n) is 2.88. The van der Waals surface area contributed by atoms with E-state index >= 15 is 0 Å². The van der Waals surface area contributed by atoms with Crippen molar-refractivity contribution in [3.63, 3.8) is 0 Å². The Labute approximate surface area is 160 Å². The molecule has 0 spiro atoms. The van der Waals surface area contributed by atoms with Gasteiger partial charge >= 0.3 is 5.97 Å². The van der Waals surface area contributed by atoms with Crippen LogP contribution in [0.2, 0.25) is 0 Å². The van der Waals surface area contributed by atoms with Gasteiger partial charge in [-0.2, -0.15) is 4.31 Å². The van der Waals surface area contributed by atoms with Crippen molar-refractivity contribution in [1.82, 2.24) is 9.21 Å². The Bertz CT molecular complexity index is 781. The van der Waals surface area contributed by atoms with Gasteiger partial charge in [0.05, 0.1) is 22.7 Å². The number of likely N-dealkylation sites (N-methyl/N-ethyl adjacent to an activating group) is 1. The first kappa shape index (κ1) is 21.3. The molecular weight excluding hydrogens is 372 g/mol. The van der Waals surface area contributed by atoms with E-state index in [9.17, 15) is 18.0 Å². The van der Waals surface area contributed by atoms with Crippen molar-refractivity contribution in [3.8, 4) is 0 Å². The van der Waals surface area contributed by atoms with E-state index in [-0.39, 0.29) is 41.7 Å². The van der Waals surface area contributed by atoms with Crippen LogP contribution < -0.4 is 0 Å². The summed E-state index contributed by atoms with van der Waals surface area (Å²) >= 11 is 0. The SMILES string of the molecule is C[C@@H]1CN(S(=O)(=O)c2ccc(C(=O)O[C@@H](C)C(=O)N(C)C)cc2)C[C@@H](C)O1. The van der Waals surface area contributed by atoms with Gasteiger partial charge in [0.1, 0.15) is 0 Å². The quantitative estimate of drug-likeness (QED) is 0.690. The summed E-state index contributed by atoms with van der Waals surface area (Å²) in [6, 6.07) is 5.51. The predicted molar refractivity (Wildman–Crippen MR) is 98.8 cm³/mol. The van der Waals surface area contributed by atoms with E-state index in [0.717, 1.165) is 0 Å². The molecule has 0 aliphatic carbocycles. The Kier molecular flexibility index (Phi) is 6.61. The summed E-state index contributed by atoms with van der Waals surface area (Å²) in [5.41, 5.74) is 0.177. The smallest absolute Gasteiger partial charge is 0.338 e. The lowest BCUT2D eigenvalue weighted by Gasteiger charge is -2.34. The predicted octanol–water partition coefficient (Wildman–Crippen LogP) is 1.12. The van der Waals surface area contributed by atoms with Gasteiger partial charge in [0.25, 0.3) is 5.91 Å². The minimum absolute atomic E-state index is 0.0952. The standard InChI is InChI=1S/C18H26N2O6S/c1-12-10-20(11-13(2)25-12)27(23,24)16-8-6-15(7-9-16)18(22)26-14(3)17(21)19(4)5/h6-9,12-14H,10-11H2,1-5H3/t12-,13-,14+/m1/s1. The number of sulfonamides is 1. The molecule has 1 amide bonds. The van der Waals surface area contributed by atoms with Crippen LogP contribution in [0.25, 0.3) is 0 Å². The summed E-state index contributed by atoms with van der Waals surface area (Å²) in [6.07, 6.45) is -1.30. The van der Waals surface area contributed by atoms with Gasteiger partial charge in [0, 0.05) is 27.2 Å². The lowest BCUT2D eigenvalue weighted by Crippen LogP contribution is -2.48. The monoisotopic (exact) mass is 398 g/mol. The minimum atomic E-state index is -3.68. The number of hydrogen-bond donors (Lipinski definition) is 0. The number of carbonyl (C=O) groups is 2. The second-order valence-corrected chi connectivity index (χ2v) is 8.82. The number of esters is 1. The maximum absolute atomic E-state index is 12.8. The topological polar surface area (TPSA) is 93.2 Å². The summed E-state index contributed by atoms with van der Waals surface area (Å²) in [7, 11) is -0.539. The Morgan fingerprint density at radius 1 is 1.15 bits per heavy atom. The Morgan fingerprint density at radius 2 is 1.67 bits per heavy atom. The molecule has 1 aliphatic heterocycles. The molecule has 1 fully saturated rings. The second kappa shape index (κ2) is 8.37. The molecule has 0 N–H and O–H groups in total. The molecule has 3 atom stereocenters. The number of benzene rings is 1. The van der Waals surface area contributed by atoms with E-state index in [2.05, 4.69) is 0 Å². The largest absolute Gasteiger partial charge is 0.449 e. The molecule has 8 nitrogen and oxygen atoms in total. The van der Waals surface area contributed by atoms with Crippen LogP contribution in [0.3, 0.4) is 0 Å². The van der Waals surface area contributed by atoms with Gasteiger partial charge in [-0.15, -0.1) is 0 Å². The van der Waals surface area contributed by atoms with Crippen LogP contribution in [0.1, 0.15) is 31.1 Å². The normalized spacial score (nSPS) is 22.1. The van der Waals surface area contributed by atoms with Crippen molar-refractivity contribution < 1.29 is 27.5 Å². The first-order valence-corrected chi connectivity index (χ1v) is 10.1. The van der Waals surface area contributed by atoms with Crippen molar-refractivity contribution in [2.45, 2.75) is 44.0 Å². The highest BCUT2D eigenvalue weighted by atomic mass is 32.2. The number of rotatable bonds is 5. The summed E-state index contributed by atoms with van der Waals surface area (Å²) in [5.74, 6) is -1.02. The lowest BCUT2D eigenvalue weighted by atomic mass is 10.2. The molecule has 0 aromatic heterocycles. The maximum atomic E-state index is 12.8. The third-order valence-corrected chi connectivity index (χ3v) is 6.03. The Hall–Kier alpha value is -1.97. The summed E-state index contributed by atoms with van der Waals surface area (Å²) in [4.78, 5) is 25.4. The molecule has 27 heavy (non-hydrogen) atoms. The maximum Gasteiger partial charge on any atom is 0.338 e. The lowest BCUT2D eigenvalue weighted by molar-refractivity contribution is -0.137. The van der Waals surface area contributed by atoms with Crippen LogP contribution in [-0.2, 0) is 24.3 Å². The van der Waals surface area contributed by atoms with Crippen molar-refractivity contribution in [3.05, 3.63) is 29.8 Å². The van der Waals surface area contributed by atoms with Crippen LogP contribution in [0.15, 0.2) is 29.2 Å². The van der Waals surface area contributed by atoms with Crippen molar-refractivity contribution in [2.75, 3.05) is 27.2 Å². The van der Waals surface area contributed by atoms with Gasteiger partial charge in [-0.05, 0) is 45.0 Å². The molecule has 1 aromatic carbocycles. The fraction of sp³-hybridized carbons (Fsp3) is 0.556. The van der Waals surface area contributed by atoms with Crippen LogP contribution in [0.4, 0.5) is 0 Å².